The van der Waals surface area contributed by atoms with Gasteiger partial charge in [-0.05, 0) is 12.8 Å². The average molecular weight is 263 g/mol. The molecule has 1 aliphatic heterocycles. The van der Waals surface area contributed by atoms with Crippen molar-refractivity contribution < 1.29 is 4.74 Å². The Labute approximate surface area is 94.4 Å². The summed E-state index contributed by atoms with van der Waals surface area (Å²) >= 11 is 3.39. The molecule has 1 fully saturated rings. The summed E-state index contributed by atoms with van der Waals surface area (Å²) in [5, 5.41) is 0. The summed E-state index contributed by atoms with van der Waals surface area (Å²) in [6.45, 7) is 6.49. The number of methoxy groups -OCH3 is 1. The van der Waals surface area contributed by atoms with Crippen LogP contribution < -0.4 is 5.73 Å². The summed E-state index contributed by atoms with van der Waals surface area (Å²) in [6, 6.07) is 0.433. The van der Waals surface area contributed by atoms with Crippen molar-refractivity contribution in [2.75, 3.05) is 26.7 Å². The molecule has 2 atom stereocenters. The van der Waals surface area contributed by atoms with Crippen molar-refractivity contribution in [2.24, 2.45) is 5.73 Å². The Hall–Kier alpha value is 0.1000. The molecule has 14 heavy (non-hydrogen) atoms. The third kappa shape index (κ3) is 3.35. The fourth-order valence-electron chi connectivity index (χ4n) is 1.95. The van der Waals surface area contributed by atoms with Gasteiger partial charge in [-0.15, -0.1) is 0 Å². The number of likely N-dealkylation sites (tertiary alicyclic amines) is 1. The molecule has 0 spiro atoms. The third-order valence-corrected chi connectivity index (χ3v) is 3.02. The van der Waals surface area contributed by atoms with Crippen LogP contribution >= 0.6 is 15.9 Å². The lowest BCUT2D eigenvalue weighted by molar-refractivity contribution is 0.0175. The van der Waals surface area contributed by atoms with Gasteiger partial charge in [0.05, 0.1) is 6.10 Å². The second kappa shape index (κ2) is 5.85. The van der Waals surface area contributed by atoms with E-state index in [1.54, 1.807) is 7.11 Å². The minimum Gasteiger partial charge on any atom is -0.381 e. The number of hydrogen-bond acceptors (Lipinski definition) is 3. The van der Waals surface area contributed by atoms with Crippen LogP contribution in [0, 0.1) is 0 Å². The smallest absolute Gasteiger partial charge is 0.0599 e. The monoisotopic (exact) mass is 262 g/mol. The van der Waals surface area contributed by atoms with Gasteiger partial charge in [0.2, 0.25) is 0 Å². The molecule has 0 aromatic carbocycles. The maximum atomic E-state index is 5.74. The van der Waals surface area contributed by atoms with E-state index in [4.69, 9.17) is 10.5 Å². The number of rotatable bonds is 4. The minimum absolute atomic E-state index is 0.378. The molecule has 1 saturated heterocycles. The summed E-state index contributed by atoms with van der Waals surface area (Å²) in [6.07, 6.45) is 2.50. The highest BCUT2D eigenvalue weighted by atomic mass is 79.9. The zero-order valence-electron chi connectivity index (χ0n) is 8.71. The molecule has 4 heteroatoms. The first-order valence-corrected chi connectivity index (χ1v) is 5.76. The van der Waals surface area contributed by atoms with Crippen LogP contribution in [0.3, 0.4) is 0 Å². The van der Waals surface area contributed by atoms with Crippen LogP contribution in [0.4, 0.5) is 0 Å². The largest absolute Gasteiger partial charge is 0.381 e. The number of halogens is 1. The van der Waals surface area contributed by atoms with E-state index in [1.807, 2.05) is 0 Å². The molecule has 82 valence electrons. The number of hydrogen-bond donors (Lipinski definition) is 1. The van der Waals surface area contributed by atoms with Gasteiger partial charge in [-0.3, -0.25) is 4.90 Å². The van der Waals surface area contributed by atoms with Crippen LogP contribution in [-0.4, -0.2) is 43.8 Å². The first-order chi connectivity index (χ1) is 6.67. The lowest BCUT2D eigenvalue weighted by Gasteiger charge is -2.38. The number of nitrogens with two attached hydrogens (primary N) is 1. The van der Waals surface area contributed by atoms with Gasteiger partial charge in [0, 0.05) is 37.3 Å². The number of ether oxygens (including phenoxy) is 1. The SMILES string of the molecule is C=C(Br)CN1CCC(OC)CC1CN. The van der Waals surface area contributed by atoms with Crippen molar-refractivity contribution >= 4 is 15.9 Å². The Bertz CT molecular complexity index is 199. The third-order valence-electron chi connectivity index (χ3n) is 2.77. The number of nitrogens with zero attached hydrogens (tertiary/aromatic N) is 1. The van der Waals surface area contributed by atoms with E-state index < -0.39 is 0 Å². The summed E-state index contributed by atoms with van der Waals surface area (Å²) in [4.78, 5) is 2.37. The van der Waals surface area contributed by atoms with Crippen molar-refractivity contribution in [2.45, 2.75) is 25.0 Å². The summed E-state index contributed by atoms with van der Waals surface area (Å²) in [5.41, 5.74) is 5.74. The fraction of sp³-hybridized carbons (Fsp3) is 0.800. The maximum Gasteiger partial charge on any atom is 0.0599 e. The van der Waals surface area contributed by atoms with Crippen LogP contribution in [0.15, 0.2) is 11.1 Å². The van der Waals surface area contributed by atoms with Crippen molar-refractivity contribution in [1.29, 1.82) is 0 Å². The minimum atomic E-state index is 0.378. The lowest BCUT2D eigenvalue weighted by Crippen LogP contribution is -2.48. The molecule has 2 N–H and O–H groups in total. The van der Waals surface area contributed by atoms with Crippen molar-refractivity contribution in [3.05, 3.63) is 11.1 Å². The van der Waals surface area contributed by atoms with Crippen molar-refractivity contribution in [3.63, 3.8) is 0 Å². The second-order valence-corrected chi connectivity index (χ2v) is 4.88. The molecule has 0 aromatic heterocycles. The van der Waals surface area contributed by atoms with Crippen LogP contribution in [0.5, 0.6) is 0 Å². The van der Waals surface area contributed by atoms with E-state index in [-0.39, 0.29) is 0 Å². The zero-order chi connectivity index (χ0) is 10.6. The highest BCUT2D eigenvalue weighted by molar-refractivity contribution is 9.11. The number of piperidine rings is 1. The molecule has 0 aromatic rings. The molecule has 0 bridgehead atoms. The Morgan fingerprint density at radius 1 is 1.71 bits per heavy atom. The van der Waals surface area contributed by atoms with Crippen molar-refractivity contribution in [3.8, 4) is 0 Å². The predicted octanol–water partition coefficient (Wildman–Crippen LogP) is 1.33. The Morgan fingerprint density at radius 2 is 2.43 bits per heavy atom. The van der Waals surface area contributed by atoms with Crippen molar-refractivity contribution in [1.82, 2.24) is 4.90 Å². The molecule has 2 unspecified atom stereocenters. The van der Waals surface area contributed by atoms with Gasteiger partial charge in [0.25, 0.3) is 0 Å². The second-order valence-electron chi connectivity index (χ2n) is 3.76. The Kier molecular flexibility index (Phi) is 5.09. The molecule has 1 rings (SSSR count). The molecule has 1 aliphatic rings. The fourth-order valence-corrected chi connectivity index (χ4v) is 2.27. The van der Waals surface area contributed by atoms with Crippen LogP contribution in [0.2, 0.25) is 0 Å². The highest BCUT2D eigenvalue weighted by Gasteiger charge is 2.27. The van der Waals surface area contributed by atoms with E-state index in [1.165, 1.54) is 0 Å². The van der Waals surface area contributed by atoms with Gasteiger partial charge in [0.1, 0.15) is 0 Å². The molecule has 1 heterocycles. The van der Waals surface area contributed by atoms with E-state index in [2.05, 4.69) is 27.4 Å². The molecule has 0 amide bonds. The molecular formula is C10H19BrN2O. The highest BCUT2D eigenvalue weighted by Crippen LogP contribution is 2.20. The normalized spacial score (nSPS) is 29.1. The van der Waals surface area contributed by atoms with E-state index in [0.717, 1.165) is 30.4 Å². The average Bonchev–Trinajstić information content (AvgIpc) is 2.17. The molecule has 0 radical (unpaired) electrons. The topological polar surface area (TPSA) is 38.5 Å². The van der Waals surface area contributed by atoms with Gasteiger partial charge in [0.15, 0.2) is 0 Å². The van der Waals surface area contributed by atoms with Gasteiger partial charge in [-0.25, -0.2) is 0 Å². The van der Waals surface area contributed by atoms with E-state index in [0.29, 0.717) is 18.7 Å². The molecular weight excluding hydrogens is 244 g/mol. The summed E-state index contributed by atoms with van der Waals surface area (Å²) in [7, 11) is 1.78. The Morgan fingerprint density at radius 3 is 2.93 bits per heavy atom. The Balaban J connectivity index is 2.47. The maximum absolute atomic E-state index is 5.74. The van der Waals surface area contributed by atoms with Gasteiger partial charge < -0.3 is 10.5 Å². The van der Waals surface area contributed by atoms with E-state index >= 15 is 0 Å². The van der Waals surface area contributed by atoms with Crippen LogP contribution in [-0.2, 0) is 4.74 Å². The van der Waals surface area contributed by atoms with Crippen LogP contribution in [0.25, 0.3) is 0 Å². The predicted molar refractivity (Wildman–Crippen MR) is 62.5 cm³/mol. The quantitative estimate of drug-likeness (QED) is 0.831. The zero-order valence-corrected chi connectivity index (χ0v) is 10.3. The standard InChI is InChI=1S/C10H19BrN2O/c1-8(11)7-13-4-3-10(14-2)5-9(13)6-12/h9-10H,1,3-7,12H2,2H3. The molecule has 3 nitrogen and oxygen atoms in total. The van der Waals surface area contributed by atoms with Gasteiger partial charge >= 0.3 is 0 Å². The molecule has 0 saturated carbocycles. The first kappa shape index (κ1) is 12.2. The van der Waals surface area contributed by atoms with Gasteiger partial charge in [-0.2, -0.15) is 0 Å². The molecule has 0 aliphatic carbocycles. The lowest BCUT2D eigenvalue weighted by atomic mass is 9.99. The first-order valence-electron chi connectivity index (χ1n) is 4.97. The van der Waals surface area contributed by atoms with Gasteiger partial charge in [-0.1, -0.05) is 22.5 Å². The summed E-state index contributed by atoms with van der Waals surface area (Å²) < 4.78 is 6.38. The summed E-state index contributed by atoms with van der Waals surface area (Å²) in [5.74, 6) is 0. The van der Waals surface area contributed by atoms with E-state index in [9.17, 15) is 0 Å². The van der Waals surface area contributed by atoms with Crippen LogP contribution in [0.1, 0.15) is 12.8 Å².